The summed E-state index contributed by atoms with van der Waals surface area (Å²) in [6.07, 6.45) is 0.264. The van der Waals surface area contributed by atoms with E-state index < -0.39 is 0 Å². The molecule has 0 fully saturated rings. The van der Waals surface area contributed by atoms with Crippen molar-refractivity contribution in [3.05, 3.63) is 70.5 Å². The van der Waals surface area contributed by atoms with Crippen LogP contribution in [0.4, 0.5) is 9.18 Å². The monoisotopic (exact) mass is 403 g/mol. The van der Waals surface area contributed by atoms with Gasteiger partial charge >= 0.3 is 6.03 Å². The number of hydrogen-bond acceptors (Lipinski definition) is 3. The van der Waals surface area contributed by atoms with E-state index in [1.54, 1.807) is 35.2 Å². The highest BCUT2D eigenvalue weighted by molar-refractivity contribution is 6.30. The lowest BCUT2D eigenvalue weighted by Crippen LogP contribution is -2.45. The number of benzene rings is 2. The number of amides is 2. The van der Waals surface area contributed by atoms with Crippen LogP contribution in [0.3, 0.4) is 0 Å². The van der Waals surface area contributed by atoms with E-state index in [4.69, 9.17) is 16.4 Å². The maximum absolute atomic E-state index is 14.1. The van der Waals surface area contributed by atoms with Crippen molar-refractivity contribution in [3.63, 3.8) is 0 Å². The van der Waals surface area contributed by atoms with E-state index in [1.807, 2.05) is 26.0 Å². The molecule has 0 aliphatic carbocycles. The number of urea groups is 1. The van der Waals surface area contributed by atoms with Gasteiger partial charge < -0.3 is 15.1 Å². The molecule has 7 heteroatoms. The molecule has 0 unspecified atom stereocenters. The van der Waals surface area contributed by atoms with Crippen LogP contribution in [0.15, 0.2) is 53.7 Å². The summed E-state index contributed by atoms with van der Waals surface area (Å²) < 4.78 is 14.1. The van der Waals surface area contributed by atoms with E-state index in [9.17, 15) is 9.18 Å². The summed E-state index contributed by atoms with van der Waals surface area (Å²) >= 11 is 5.93. The van der Waals surface area contributed by atoms with E-state index >= 15 is 0 Å². The second-order valence-corrected chi connectivity index (χ2v) is 7.49. The van der Waals surface area contributed by atoms with Gasteiger partial charge in [-0.05, 0) is 37.6 Å². The Labute approximate surface area is 169 Å². The molecule has 0 saturated carbocycles. The normalized spacial score (nSPS) is 15.9. The van der Waals surface area contributed by atoms with Crippen LogP contribution >= 0.6 is 11.6 Å². The molecule has 1 heterocycles. The largest absolute Gasteiger partial charge is 0.390 e. The standard InChI is InChI=1S/C21H23ClFN3O2/c1-14(2)24-21(27)26(12-16-5-3-4-6-19(16)23)13-18-11-20(25-28-18)15-7-9-17(22)10-8-15/h3-10,14,18H,11-13H2,1-2H3,(H,24,27)/t18-/m0/s1. The summed E-state index contributed by atoms with van der Waals surface area (Å²) in [6, 6.07) is 13.5. The molecule has 28 heavy (non-hydrogen) atoms. The summed E-state index contributed by atoms with van der Waals surface area (Å²) in [7, 11) is 0. The lowest BCUT2D eigenvalue weighted by atomic mass is 10.0. The minimum absolute atomic E-state index is 0.0269. The Hall–Kier alpha value is -2.60. The minimum atomic E-state index is -0.338. The van der Waals surface area contributed by atoms with Crippen molar-refractivity contribution in [2.75, 3.05) is 6.54 Å². The molecule has 5 nitrogen and oxygen atoms in total. The van der Waals surface area contributed by atoms with Gasteiger partial charge in [-0.1, -0.05) is 47.1 Å². The van der Waals surface area contributed by atoms with Crippen molar-refractivity contribution >= 4 is 23.3 Å². The first-order valence-corrected chi connectivity index (χ1v) is 9.57. The third kappa shape index (κ3) is 5.23. The zero-order valence-electron chi connectivity index (χ0n) is 15.9. The predicted molar refractivity (Wildman–Crippen MR) is 108 cm³/mol. The Morgan fingerprint density at radius 1 is 1.29 bits per heavy atom. The number of carbonyl (C=O) groups excluding carboxylic acids is 1. The molecule has 1 aliphatic heterocycles. The molecule has 148 valence electrons. The molecule has 1 N–H and O–H groups in total. The van der Waals surface area contributed by atoms with E-state index in [-0.39, 0.29) is 30.5 Å². The summed E-state index contributed by atoms with van der Waals surface area (Å²) in [6.45, 7) is 4.22. The van der Waals surface area contributed by atoms with Crippen LogP contribution in [0.2, 0.25) is 5.02 Å². The van der Waals surface area contributed by atoms with Crippen LogP contribution in [0.5, 0.6) is 0 Å². The molecule has 2 aromatic rings. The maximum Gasteiger partial charge on any atom is 0.318 e. The van der Waals surface area contributed by atoms with Gasteiger partial charge in [0.05, 0.1) is 18.8 Å². The fourth-order valence-electron chi connectivity index (χ4n) is 2.97. The number of nitrogens with zero attached hydrogens (tertiary/aromatic N) is 2. The lowest BCUT2D eigenvalue weighted by Gasteiger charge is -2.26. The highest BCUT2D eigenvalue weighted by atomic mass is 35.5. The zero-order valence-corrected chi connectivity index (χ0v) is 16.6. The predicted octanol–water partition coefficient (Wildman–Crippen LogP) is 4.59. The van der Waals surface area contributed by atoms with Crippen molar-refractivity contribution < 1.29 is 14.0 Å². The molecule has 1 atom stereocenters. The van der Waals surface area contributed by atoms with Crippen LogP contribution in [-0.2, 0) is 11.4 Å². The molecule has 0 radical (unpaired) electrons. The molecule has 2 aromatic carbocycles. The number of hydrogen-bond donors (Lipinski definition) is 1. The molecule has 0 spiro atoms. The number of nitrogens with one attached hydrogen (secondary N) is 1. The van der Waals surface area contributed by atoms with Crippen LogP contribution in [0, 0.1) is 5.82 Å². The Morgan fingerprint density at radius 2 is 2.00 bits per heavy atom. The minimum Gasteiger partial charge on any atom is -0.390 e. The van der Waals surface area contributed by atoms with E-state index in [0.29, 0.717) is 23.6 Å². The van der Waals surface area contributed by atoms with Gasteiger partial charge in [0.1, 0.15) is 5.82 Å². The van der Waals surface area contributed by atoms with Gasteiger partial charge in [-0.25, -0.2) is 9.18 Å². The van der Waals surface area contributed by atoms with Gasteiger partial charge in [0, 0.05) is 23.0 Å². The second-order valence-electron chi connectivity index (χ2n) is 7.05. The fourth-order valence-corrected chi connectivity index (χ4v) is 3.10. The van der Waals surface area contributed by atoms with Gasteiger partial charge in [0.25, 0.3) is 0 Å². The highest BCUT2D eigenvalue weighted by Gasteiger charge is 2.27. The SMILES string of the molecule is CC(C)NC(=O)N(Cc1ccccc1F)C[C@@H]1CC(c2ccc(Cl)cc2)=NO1. The molecule has 3 rings (SSSR count). The molecule has 0 bridgehead atoms. The smallest absolute Gasteiger partial charge is 0.318 e. The third-order valence-electron chi connectivity index (χ3n) is 4.35. The van der Waals surface area contributed by atoms with Crippen molar-refractivity contribution in [3.8, 4) is 0 Å². The number of rotatable bonds is 6. The molecule has 2 amide bonds. The highest BCUT2D eigenvalue weighted by Crippen LogP contribution is 2.20. The molecular weight excluding hydrogens is 381 g/mol. The average molecular weight is 404 g/mol. The van der Waals surface area contributed by atoms with E-state index in [0.717, 1.165) is 11.3 Å². The third-order valence-corrected chi connectivity index (χ3v) is 4.60. The van der Waals surface area contributed by atoms with E-state index in [1.165, 1.54) is 6.07 Å². The van der Waals surface area contributed by atoms with Gasteiger partial charge in [0.2, 0.25) is 0 Å². The fraction of sp³-hybridized carbons (Fsp3) is 0.333. The van der Waals surface area contributed by atoms with Gasteiger partial charge in [-0.15, -0.1) is 0 Å². The van der Waals surface area contributed by atoms with Gasteiger partial charge in [-0.2, -0.15) is 0 Å². The van der Waals surface area contributed by atoms with Crippen molar-refractivity contribution in [1.82, 2.24) is 10.2 Å². The van der Waals surface area contributed by atoms with Gasteiger partial charge in [-0.3, -0.25) is 0 Å². The first-order valence-electron chi connectivity index (χ1n) is 9.20. The summed E-state index contributed by atoms with van der Waals surface area (Å²) in [4.78, 5) is 19.7. The van der Waals surface area contributed by atoms with Crippen LogP contribution < -0.4 is 5.32 Å². The van der Waals surface area contributed by atoms with E-state index in [2.05, 4.69) is 10.5 Å². The summed E-state index contributed by atoms with van der Waals surface area (Å²) in [5, 5.41) is 7.67. The molecular formula is C21H23ClFN3O2. The Morgan fingerprint density at radius 3 is 2.68 bits per heavy atom. The quantitative estimate of drug-likeness (QED) is 0.766. The van der Waals surface area contributed by atoms with Crippen LogP contribution in [-0.4, -0.2) is 35.3 Å². The number of halogens is 2. The van der Waals surface area contributed by atoms with Gasteiger partial charge in [0.15, 0.2) is 6.10 Å². The first kappa shape index (κ1) is 20.1. The van der Waals surface area contributed by atoms with Crippen molar-refractivity contribution in [1.29, 1.82) is 0 Å². The average Bonchev–Trinajstić information content (AvgIpc) is 3.11. The zero-order chi connectivity index (χ0) is 20.1. The van der Waals surface area contributed by atoms with Crippen molar-refractivity contribution in [2.24, 2.45) is 5.16 Å². The number of oxime groups is 1. The summed E-state index contributed by atoms with van der Waals surface area (Å²) in [5.74, 6) is -0.338. The second kappa shape index (κ2) is 9.06. The van der Waals surface area contributed by atoms with Crippen LogP contribution in [0.1, 0.15) is 31.4 Å². The Bertz CT molecular complexity index is 855. The maximum atomic E-state index is 14.1. The van der Waals surface area contributed by atoms with Crippen LogP contribution in [0.25, 0.3) is 0 Å². The first-order chi connectivity index (χ1) is 13.4. The molecule has 0 aromatic heterocycles. The lowest BCUT2D eigenvalue weighted by molar-refractivity contribution is 0.0584. The van der Waals surface area contributed by atoms with Crippen molar-refractivity contribution in [2.45, 2.75) is 39.0 Å². The Kier molecular flexibility index (Phi) is 6.52. The summed E-state index contributed by atoms with van der Waals surface area (Å²) in [5.41, 5.74) is 2.19. The molecule has 1 aliphatic rings. The topological polar surface area (TPSA) is 53.9 Å². The number of carbonyl (C=O) groups is 1. The molecule has 0 saturated heterocycles. The Balaban J connectivity index is 1.68.